The largest absolute Gasteiger partial charge is 0.492 e. The lowest BCUT2D eigenvalue weighted by atomic mass is 10.0. The first kappa shape index (κ1) is 20.3. The molecule has 0 saturated heterocycles. The number of hydrogen-bond donors (Lipinski definition) is 2. The van der Waals surface area contributed by atoms with Crippen LogP contribution in [-0.4, -0.2) is 36.6 Å². The van der Waals surface area contributed by atoms with Gasteiger partial charge in [-0.15, -0.1) is 0 Å². The zero-order chi connectivity index (χ0) is 19.8. The van der Waals surface area contributed by atoms with Crippen LogP contribution in [-0.2, 0) is 6.42 Å². The molecule has 0 spiro atoms. The van der Waals surface area contributed by atoms with Gasteiger partial charge in [-0.05, 0) is 43.5 Å². The molecule has 2 aromatic rings. The van der Waals surface area contributed by atoms with Crippen molar-refractivity contribution in [2.24, 2.45) is 5.73 Å². The summed E-state index contributed by atoms with van der Waals surface area (Å²) in [5, 5.41) is 7.85. The molecule has 2 amide bonds. The topological polar surface area (TPSA) is 82.7 Å². The van der Waals surface area contributed by atoms with Gasteiger partial charge in [0, 0.05) is 6.54 Å². The summed E-state index contributed by atoms with van der Waals surface area (Å²) in [5.74, 6) is 0.426. The van der Waals surface area contributed by atoms with Gasteiger partial charge in [0.25, 0.3) is 0 Å². The third-order valence-corrected chi connectivity index (χ3v) is 4.37. The maximum Gasteiger partial charge on any atom is 0.331 e. The highest BCUT2D eigenvalue weighted by Crippen LogP contribution is 2.26. The Morgan fingerprint density at radius 2 is 1.81 bits per heavy atom. The lowest BCUT2D eigenvalue weighted by Crippen LogP contribution is -2.50. The number of benzene rings is 2. The highest BCUT2D eigenvalue weighted by Gasteiger charge is 2.25. The molecule has 0 saturated carbocycles. The lowest BCUT2D eigenvalue weighted by Gasteiger charge is -2.31. The molecular weight excluding hydrogens is 340 g/mol. The van der Waals surface area contributed by atoms with Gasteiger partial charge in [-0.25, -0.2) is 4.79 Å². The second-order valence-corrected chi connectivity index (χ2v) is 6.16. The van der Waals surface area contributed by atoms with Gasteiger partial charge in [-0.1, -0.05) is 43.3 Å². The summed E-state index contributed by atoms with van der Waals surface area (Å²) in [4.78, 5) is 16.1. The van der Waals surface area contributed by atoms with Crippen molar-refractivity contribution in [1.29, 1.82) is 5.41 Å². The van der Waals surface area contributed by atoms with E-state index in [1.165, 1.54) is 4.90 Å². The van der Waals surface area contributed by atoms with Crippen molar-refractivity contribution >= 4 is 17.7 Å². The Bertz CT molecular complexity index is 777. The Balaban J connectivity index is 2.18. The standard InChI is InChI=1S/C21H28N4O2/c1-4-17-11-9-10-16(3)19(17)24(5-2)21(26)25(20(22)23)14-15-27-18-12-7-6-8-13-18/h6-13H,4-5,14-15H2,1-3H3,(H3,22,23). The van der Waals surface area contributed by atoms with E-state index in [0.717, 1.165) is 23.2 Å². The first-order chi connectivity index (χ1) is 13.0. The minimum absolute atomic E-state index is 0.201. The van der Waals surface area contributed by atoms with Crippen LogP contribution in [0.15, 0.2) is 48.5 Å². The van der Waals surface area contributed by atoms with Crippen molar-refractivity contribution in [2.75, 3.05) is 24.6 Å². The number of ether oxygens (including phenoxy) is 1. The van der Waals surface area contributed by atoms with Crippen LogP contribution < -0.4 is 15.4 Å². The third-order valence-electron chi connectivity index (χ3n) is 4.37. The number of nitrogens with zero attached hydrogens (tertiary/aromatic N) is 2. The van der Waals surface area contributed by atoms with E-state index >= 15 is 0 Å². The minimum Gasteiger partial charge on any atom is -0.492 e. The molecule has 6 heteroatoms. The predicted molar refractivity (Wildman–Crippen MR) is 110 cm³/mol. The Morgan fingerprint density at radius 1 is 1.11 bits per heavy atom. The number of aryl methyl sites for hydroxylation is 2. The summed E-state index contributed by atoms with van der Waals surface area (Å²) < 4.78 is 5.66. The molecule has 0 bridgehead atoms. The molecule has 2 aromatic carbocycles. The van der Waals surface area contributed by atoms with Crippen LogP contribution in [0.25, 0.3) is 0 Å². The fourth-order valence-electron chi connectivity index (χ4n) is 3.02. The van der Waals surface area contributed by atoms with Crippen molar-refractivity contribution in [1.82, 2.24) is 4.90 Å². The Labute approximate surface area is 161 Å². The smallest absolute Gasteiger partial charge is 0.331 e. The average molecular weight is 368 g/mol. The van der Waals surface area contributed by atoms with Gasteiger partial charge >= 0.3 is 6.03 Å². The average Bonchev–Trinajstić information content (AvgIpc) is 2.67. The van der Waals surface area contributed by atoms with E-state index in [0.29, 0.717) is 12.3 Å². The van der Waals surface area contributed by atoms with Gasteiger partial charge in [0.2, 0.25) is 0 Å². The number of hydrogen-bond acceptors (Lipinski definition) is 3. The first-order valence-corrected chi connectivity index (χ1v) is 9.18. The Hall–Kier alpha value is -3.02. The summed E-state index contributed by atoms with van der Waals surface area (Å²) in [6.07, 6.45) is 0.817. The lowest BCUT2D eigenvalue weighted by molar-refractivity contribution is 0.215. The van der Waals surface area contributed by atoms with Crippen LogP contribution in [0.5, 0.6) is 5.75 Å². The van der Waals surface area contributed by atoms with Gasteiger partial charge in [-0.2, -0.15) is 0 Å². The van der Waals surface area contributed by atoms with Gasteiger partial charge < -0.3 is 10.5 Å². The molecule has 0 aliphatic heterocycles. The Kier molecular flexibility index (Phi) is 7.23. The van der Waals surface area contributed by atoms with E-state index in [-0.39, 0.29) is 25.1 Å². The molecule has 2 rings (SSSR count). The van der Waals surface area contributed by atoms with Crippen LogP contribution in [0.4, 0.5) is 10.5 Å². The Morgan fingerprint density at radius 3 is 2.41 bits per heavy atom. The van der Waals surface area contributed by atoms with Crippen molar-refractivity contribution in [3.63, 3.8) is 0 Å². The SMILES string of the molecule is CCc1cccc(C)c1N(CC)C(=O)N(CCOc1ccccc1)C(=N)N. The van der Waals surface area contributed by atoms with Crippen LogP contribution in [0, 0.1) is 12.3 Å². The number of nitrogens with two attached hydrogens (primary N) is 1. The second kappa shape index (κ2) is 9.62. The molecule has 0 aliphatic carbocycles. The number of amides is 2. The van der Waals surface area contributed by atoms with Gasteiger partial charge in [0.15, 0.2) is 5.96 Å². The molecule has 0 unspecified atom stereocenters. The summed E-state index contributed by atoms with van der Waals surface area (Å²) in [6.45, 7) is 6.91. The molecule has 0 fully saturated rings. The normalized spacial score (nSPS) is 10.3. The molecule has 27 heavy (non-hydrogen) atoms. The molecule has 144 valence electrons. The molecule has 0 atom stereocenters. The molecule has 3 N–H and O–H groups in total. The maximum atomic E-state index is 13.2. The summed E-state index contributed by atoms with van der Waals surface area (Å²) in [5.41, 5.74) is 8.71. The van der Waals surface area contributed by atoms with Gasteiger partial charge in [0.05, 0.1) is 12.2 Å². The van der Waals surface area contributed by atoms with E-state index in [9.17, 15) is 4.79 Å². The predicted octanol–water partition coefficient (Wildman–Crippen LogP) is 3.78. The van der Waals surface area contributed by atoms with Gasteiger partial charge in [-0.3, -0.25) is 15.2 Å². The zero-order valence-electron chi connectivity index (χ0n) is 16.2. The summed E-state index contributed by atoms with van der Waals surface area (Å²) >= 11 is 0. The molecular formula is C21H28N4O2. The number of nitrogens with one attached hydrogen (secondary N) is 1. The fourth-order valence-corrected chi connectivity index (χ4v) is 3.02. The van der Waals surface area contributed by atoms with Crippen molar-refractivity contribution < 1.29 is 9.53 Å². The van der Waals surface area contributed by atoms with Gasteiger partial charge in [0.1, 0.15) is 12.4 Å². The molecule has 0 aliphatic rings. The number of guanidine groups is 1. The van der Waals surface area contributed by atoms with E-state index in [2.05, 4.69) is 6.92 Å². The van der Waals surface area contributed by atoms with Crippen molar-refractivity contribution in [3.8, 4) is 5.75 Å². The van der Waals surface area contributed by atoms with E-state index in [1.807, 2.05) is 62.4 Å². The van der Waals surface area contributed by atoms with Crippen LogP contribution >= 0.6 is 0 Å². The fraction of sp³-hybridized carbons (Fsp3) is 0.333. The highest BCUT2D eigenvalue weighted by atomic mass is 16.5. The number of rotatable bonds is 7. The van der Waals surface area contributed by atoms with E-state index < -0.39 is 0 Å². The summed E-state index contributed by atoms with van der Waals surface area (Å²) in [7, 11) is 0. The maximum absolute atomic E-state index is 13.2. The zero-order valence-corrected chi connectivity index (χ0v) is 16.2. The number of para-hydroxylation sites is 2. The van der Waals surface area contributed by atoms with Crippen LogP contribution in [0.2, 0.25) is 0 Å². The minimum atomic E-state index is -0.314. The molecule has 0 aromatic heterocycles. The quantitative estimate of drug-likeness (QED) is 0.576. The van der Waals surface area contributed by atoms with E-state index in [4.69, 9.17) is 15.9 Å². The monoisotopic (exact) mass is 368 g/mol. The van der Waals surface area contributed by atoms with Crippen LogP contribution in [0.1, 0.15) is 25.0 Å². The summed E-state index contributed by atoms with van der Waals surface area (Å²) in [6, 6.07) is 15.1. The number of urea groups is 1. The number of anilines is 1. The second-order valence-electron chi connectivity index (χ2n) is 6.16. The third kappa shape index (κ3) is 5.00. The van der Waals surface area contributed by atoms with Crippen molar-refractivity contribution in [2.45, 2.75) is 27.2 Å². The molecule has 0 heterocycles. The highest BCUT2D eigenvalue weighted by molar-refractivity contribution is 6.03. The first-order valence-electron chi connectivity index (χ1n) is 9.18. The van der Waals surface area contributed by atoms with Crippen LogP contribution in [0.3, 0.4) is 0 Å². The van der Waals surface area contributed by atoms with Crippen molar-refractivity contribution in [3.05, 3.63) is 59.7 Å². The molecule has 0 radical (unpaired) electrons. The molecule has 6 nitrogen and oxygen atoms in total. The van der Waals surface area contributed by atoms with E-state index in [1.54, 1.807) is 4.90 Å². The number of carbonyl (C=O) groups is 1. The number of carbonyl (C=O) groups excluding carboxylic acids is 1.